The van der Waals surface area contributed by atoms with Crippen LogP contribution in [0.5, 0.6) is 0 Å². The number of aliphatic hydroxyl groups excluding tert-OH is 2. The summed E-state index contributed by atoms with van der Waals surface area (Å²) >= 11 is 0. The molecule has 3 N–H and O–H groups in total. The van der Waals surface area contributed by atoms with Crippen LogP contribution in [-0.4, -0.2) is 38.4 Å². The number of aliphatic hydroxyl groups is 2. The van der Waals surface area contributed by atoms with E-state index in [4.69, 9.17) is 0 Å². The monoisotopic (exact) mass is 249 g/mol. The molecule has 0 bridgehead atoms. The van der Waals surface area contributed by atoms with Crippen LogP contribution in [-0.2, 0) is 6.54 Å². The highest BCUT2D eigenvalue weighted by Gasteiger charge is 2.22. The second-order valence-electron chi connectivity index (χ2n) is 4.80. The lowest BCUT2D eigenvalue weighted by Crippen LogP contribution is -2.48. The van der Waals surface area contributed by atoms with Crippen molar-refractivity contribution in [3.8, 4) is 0 Å². The van der Waals surface area contributed by atoms with Gasteiger partial charge in [-0.05, 0) is 26.0 Å². The number of hydrogen-bond donors (Lipinski definition) is 3. The second kappa shape index (κ2) is 5.06. The van der Waals surface area contributed by atoms with Crippen LogP contribution in [0, 0.1) is 6.92 Å². The molecule has 0 unspecified atom stereocenters. The van der Waals surface area contributed by atoms with Gasteiger partial charge in [-0.25, -0.2) is 4.98 Å². The summed E-state index contributed by atoms with van der Waals surface area (Å²) in [6.07, 6.45) is 1.96. The van der Waals surface area contributed by atoms with E-state index >= 15 is 0 Å². The van der Waals surface area contributed by atoms with Crippen LogP contribution in [0.2, 0.25) is 0 Å². The highest BCUT2D eigenvalue weighted by atomic mass is 16.3. The van der Waals surface area contributed by atoms with Gasteiger partial charge in [0.05, 0.1) is 30.1 Å². The van der Waals surface area contributed by atoms with Gasteiger partial charge in [0.2, 0.25) is 0 Å². The molecule has 18 heavy (non-hydrogen) atoms. The minimum atomic E-state index is -0.675. The first-order valence-electron chi connectivity index (χ1n) is 5.99. The SMILES string of the molecule is Cc1nc2ccccn2c1CNC(C)(CO)CO. The summed E-state index contributed by atoms with van der Waals surface area (Å²) in [4.78, 5) is 4.46. The van der Waals surface area contributed by atoms with Gasteiger partial charge >= 0.3 is 0 Å². The maximum absolute atomic E-state index is 9.25. The lowest BCUT2D eigenvalue weighted by Gasteiger charge is -2.26. The predicted octanol–water partition coefficient (Wildman–Crippen LogP) is 0.476. The molecule has 5 nitrogen and oxygen atoms in total. The zero-order valence-electron chi connectivity index (χ0n) is 10.7. The zero-order valence-corrected chi connectivity index (χ0v) is 10.7. The molecule has 0 aliphatic rings. The van der Waals surface area contributed by atoms with Crippen molar-refractivity contribution in [1.82, 2.24) is 14.7 Å². The Morgan fingerprint density at radius 1 is 1.33 bits per heavy atom. The van der Waals surface area contributed by atoms with Gasteiger partial charge in [0.1, 0.15) is 5.65 Å². The largest absolute Gasteiger partial charge is 0.394 e. The molecule has 0 spiro atoms. The molecule has 2 rings (SSSR count). The summed E-state index contributed by atoms with van der Waals surface area (Å²) in [5.74, 6) is 0. The van der Waals surface area contributed by atoms with Crippen molar-refractivity contribution in [2.75, 3.05) is 13.2 Å². The van der Waals surface area contributed by atoms with Gasteiger partial charge in [-0.1, -0.05) is 6.07 Å². The Morgan fingerprint density at radius 2 is 2.06 bits per heavy atom. The first-order chi connectivity index (χ1) is 8.59. The molecule has 0 atom stereocenters. The smallest absolute Gasteiger partial charge is 0.137 e. The third-order valence-corrected chi connectivity index (χ3v) is 3.21. The van der Waals surface area contributed by atoms with Crippen molar-refractivity contribution in [3.05, 3.63) is 35.8 Å². The van der Waals surface area contributed by atoms with E-state index in [2.05, 4.69) is 10.3 Å². The molecule has 0 radical (unpaired) electrons. The Morgan fingerprint density at radius 3 is 2.72 bits per heavy atom. The topological polar surface area (TPSA) is 69.8 Å². The lowest BCUT2D eigenvalue weighted by molar-refractivity contribution is 0.103. The molecule has 0 aliphatic heterocycles. The molecule has 2 heterocycles. The summed E-state index contributed by atoms with van der Waals surface area (Å²) in [7, 11) is 0. The van der Waals surface area contributed by atoms with E-state index in [1.54, 1.807) is 6.92 Å². The Bertz CT molecular complexity index is 532. The predicted molar refractivity (Wildman–Crippen MR) is 69.3 cm³/mol. The van der Waals surface area contributed by atoms with E-state index in [0.29, 0.717) is 6.54 Å². The summed E-state index contributed by atoms with van der Waals surface area (Å²) in [5, 5.41) is 21.7. The fourth-order valence-electron chi connectivity index (χ4n) is 1.84. The molecule has 0 amide bonds. The molecule has 2 aromatic heterocycles. The average molecular weight is 249 g/mol. The first kappa shape index (κ1) is 13.0. The van der Waals surface area contributed by atoms with Crippen molar-refractivity contribution in [3.63, 3.8) is 0 Å². The van der Waals surface area contributed by atoms with Crippen LogP contribution in [0.15, 0.2) is 24.4 Å². The summed E-state index contributed by atoms with van der Waals surface area (Å²) in [6.45, 7) is 4.07. The Labute approximate surface area is 106 Å². The van der Waals surface area contributed by atoms with E-state index < -0.39 is 5.54 Å². The van der Waals surface area contributed by atoms with E-state index in [1.807, 2.05) is 35.7 Å². The van der Waals surface area contributed by atoms with Gasteiger partial charge in [0.25, 0.3) is 0 Å². The number of imidazole rings is 1. The molecule has 0 fully saturated rings. The van der Waals surface area contributed by atoms with E-state index in [-0.39, 0.29) is 13.2 Å². The normalized spacial score (nSPS) is 12.2. The number of nitrogens with one attached hydrogen (secondary N) is 1. The quantitative estimate of drug-likeness (QED) is 0.720. The molecule has 0 aliphatic carbocycles. The van der Waals surface area contributed by atoms with Crippen molar-refractivity contribution >= 4 is 5.65 Å². The maximum Gasteiger partial charge on any atom is 0.137 e. The molecule has 0 aromatic carbocycles. The third kappa shape index (κ3) is 2.38. The van der Waals surface area contributed by atoms with Crippen LogP contribution in [0.25, 0.3) is 5.65 Å². The zero-order chi connectivity index (χ0) is 13.2. The van der Waals surface area contributed by atoms with Gasteiger partial charge in [0, 0.05) is 12.7 Å². The van der Waals surface area contributed by atoms with Crippen LogP contribution in [0.4, 0.5) is 0 Å². The number of hydrogen-bond acceptors (Lipinski definition) is 4. The number of rotatable bonds is 5. The van der Waals surface area contributed by atoms with Crippen LogP contribution >= 0.6 is 0 Å². The van der Waals surface area contributed by atoms with E-state index in [0.717, 1.165) is 17.0 Å². The molecule has 0 saturated carbocycles. The van der Waals surface area contributed by atoms with E-state index in [9.17, 15) is 10.2 Å². The van der Waals surface area contributed by atoms with E-state index in [1.165, 1.54) is 0 Å². The van der Waals surface area contributed by atoms with Crippen LogP contribution in [0.1, 0.15) is 18.3 Å². The van der Waals surface area contributed by atoms with Gasteiger partial charge in [-0.3, -0.25) is 0 Å². The van der Waals surface area contributed by atoms with Gasteiger partial charge in [-0.2, -0.15) is 0 Å². The Hall–Kier alpha value is -1.43. The standard InChI is InChI=1S/C13H19N3O2/c1-10-11(7-14-13(2,8-17)9-18)16-6-4-3-5-12(16)15-10/h3-6,14,17-18H,7-9H2,1-2H3. The number of pyridine rings is 1. The fraction of sp³-hybridized carbons (Fsp3) is 0.462. The molecule has 2 aromatic rings. The van der Waals surface area contributed by atoms with Gasteiger partial charge < -0.3 is 19.9 Å². The Balaban J connectivity index is 2.24. The molecular weight excluding hydrogens is 230 g/mol. The summed E-state index contributed by atoms with van der Waals surface area (Å²) < 4.78 is 2.01. The van der Waals surface area contributed by atoms with Crippen molar-refractivity contribution in [2.45, 2.75) is 25.9 Å². The van der Waals surface area contributed by atoms with Gasteiger partial charge in [-0.15, -0.1) is 0 Å². The summed E-state index contributed by atoms with van der Waals surface area (Å²) in [5.41, 5.74) is 2.22. The number of aryl methyl sites for hydroxylation is 1. The minimum absolute atomic E-state index is 0.112. The molecule has 0 saturated heterocycles. The van der Waals surface area contributed by atoms with Crippen LogP contribution in [0.3, 0.4) is 0 Å². The third-order valence-electron chi connectivity index (χ3n) is 3.21. The maximum atomic E-state index is 9.25. The molecular formula is C13H19N3O2. The highest BCUT2D eigenvalue weighted by molar-refractivity contribution is 5.42. The molecule has 98 valence electrons. The second-order valence-corrected chi connectivity index (χ2v) is 4.80. The number of fused-ring (bicyclic) bond motifs is 1. The highest BCUT2D eigenvalue weighted by Crippen LogP contribution is 2.13. The Kier molecular flexibility index (Phi) is 3.65. The first-order valence-corrected chi connectivity index (χ1v) is 5.99. The van der Waals surface area contributed by atoms with Crippen molar-refractivity contribution in [1.29, 1.82) is 0 Å². The van der Waals surface area contributed by atoms with Crippen molar-refractivity contribution in [2.24, 2.45) is 0 Å². The van der Waals surface area contributed by atoms with Crippen LogP contribution < -0.4 is 5.32 Å². The van der Waals surface area contributed by atoms with Crippen molar-refractivity contribution < 1.29 is 10.2 Å². The van der Waals surface area contributed by atoms with Gasteiger partial charge in [0.15, 0.2) is 0 Å². The molecule has 5 heteroatoms. The summed E-state index contributed by atoms with van der Waals surface area (Å²) in [6, 6.07) is 5.85. The lowest BCUT2D eigenvalue weighted by atomic mass is 10.1. The minimum Gasteiger partial charge on any atom is -0.394 e. The average Bonchev–Trinajstić information content (AvgIpc) is 2.72. The number of aromatic nitrogens is 2. The fourth-order valence-corrected chi connectivity index (χ4v) is 1.84. The number of nitrogens with zero attached hydrogens (tertiary/aromatic N) is 2.